The van der Waals surface area contributed by atoms with Crippen LogP contribution in [-0.2, 0) is 14.6 Å². The number of nitrogens with one attached hydrogen (secondary N) is 3. The molecule has 33 heavy (non-hydrogen) atoms. The Morgan fingerprint density at radius 1 is 0.970 bits per heavy atom. The van der Waals surface area contributed by atoms with E-state index < -0.39 is 21.4 Å². The van der Waals surface area contributed by atoms with Gasteiger partial charge in [-0.25, -0.2) is 18.2 Å². The van der Waals surface area contributed by atoms with Crippen LogP contribution in [-0.4, -0.2) is 37.1 Å². The molecule has 1 aliphatic carbocycles. The molecule has 10 heteroatoms. The normalized spacial score (nSPS) is 14.2. The first-order valence-corrected chi connectivity index (χ1v) is 12.3. The summed E-state index contributed by atoms with van der Waals surface area (Å²) < 4.78 is 24.1. The molecule has 1 saturated carbocycles. The van der Waals surface area contributed by atoms with Crippen molar-refractivity contribution in [1.82, 2.24) is 10.3 Å². The summed E-state index contributed by atoms with van der Waals surface area (Å²) in [5.41, 5.74) is 0.694. The van der Waals surface area contributed by atoms with E-state index in [2.05, 4.69) is 20.9 Å². The molecule has 8 nitrogen and oxygen atoms in total. The van der Waals surface area contributed by atoms with Gasteiger partial charge in [0, 0.05) is 34.3 Å². The molecule has 0 atom stereocenters. The highest BCUT2D eigenvalue weighted by Gasteiger charge is 2.51. The summed E-state index contributed by atoms with van der Waals surface area (Å²) >= 11 is 5.84. The van der Waals surface area contributed by atoms with Crippen molar-refractivity contribution in [3.63, 3.8) is 0 Å². The van der Waals surface area contributed by atoms with Gasteiger partial charge in [-0.3, -0.25) is 4.79 Å². The number of benzene rings is 2. The van der Waals surface area contributed by atoms with E-state index in [0.29, 0.717) is 40.5 Å². The summed E-state index contributed by atoms with van der Waals surface area (Å²) in [6, 6.07) is 16.1. The summed E-state index contributed by atoms with van der Waals surface area (Å²) in [7, 11) is -3.41. The molecule has 0 saturated heterocycles. The van der Waals surface area contributed by atoms with Crippen molar-refractivity contribution >= 4 is 44.9 Å². The fourth-order valence-corrected chi connectivity index (χ4v) is 4.38. The van der Waals surface area contributed by atoms with Crippen LogP contribution in [0.4, 0.5) is 16.3 Å². The number of urea groups is 1. The van der Waals surface area contributed by atoms with Crippen molar-refractivity contribution in [2.75, 3.05) is 16.9 Å². The zero-order valence-electron chi connectivity index (χ0n) is 17.6. The van der Waals surface area contributed by atoms with Crippen molar-refractivity contribution < 1.29 is 18.0 Å². The molecule has 1 aliphatic rings. The molecule has 1 aromatic heterocycles. The van der Waals surface area contributed by atoms with E-state index >= 15 is 0 Å². The summed E-state index contributed by atoms with van der Waals surface area (Å²) in [5, 5.41) is 8.67. The van der Waals surface area contributed by atoms with Gasteiger partial charge in [-0.2, -0.15) is 0 Å². The van der Waals surface area contributed by atoms with Gasteiger partial charge >= 0.3 is 6.03 Å². The molecule has 0 aliphatic heterocycles. The topological polar surface area (TPSA) is 117 Å². The predicted octanol–water partition coefficient (Wildman–Crippen LogP) is 4.10. The van der Waals surface area contributed by atoms with Crippen LogP contribution in [0.2, 0.25) is 5.02 Å². The third kappa shape index (κ3) is 5.32. The minimum absolute atomic E-state index is 0.205. The minimum Gasteiger partial charge on any atom is -0.323 e. The molecule has 0 unspecified atom stereocenters. The minimum atomic E-state index is -3.41. The van der Waals surface area contributed by atoms with E-state index in [1.807, 2.05) is 0 Å². The molecule has 1 heterocycles. The Balaban J connectivity index is 1.42. The highest BCUT2D eigenvalue weighted by Crippen LogP contribution is 2.36. The van der Waals surface area contributed by atoms with E-state index in [1.54, 1.807) is 54.6 Å². The monoisotopic (exact) mass is 484 g/mol. The van der Waals surface area contributed by atoms with Gasteiger partial charge in [0.15, 0.2) is 9.84 Å². The summed E-state index contributed by atoms with van der Waals surface area (Å²) in [4.78, 5) is 29.6. The van der Waals surface area contributed by atoms with Gasteiger partial charge in [0.2, 0.25) is 0 Å². The van der Waals surface area contributed by atoms with Crippen LogP contribution in [0.15, 0.2) is 71.8 Å². The summed E-state index contributed by atoms with van der Waals surface area (Å²) in [6.45, 7) is 0. The predicted molar refractivity (Wildman–Crippen MR) is 127 cm³/mol. The van der Waals surface area contributed by atoms with Gasteiger partial charge in [-0.15, -0.1) is 0 Å². The van der Waals surface area contributed by atoms with Crippen molar-refractivity contribution in [2.45, 2.75) is 23.3 Å². The number of carbonyl (C=O) groups excluding carboxylic acids is 2. The van der Waals surface area contributed by atoms with Crippen LogP contribution in [0.25, 0.3) is 11.1 Å². The van der Waals surface area contributed by atoms with Gasteiger partial charge in [-0.05, 0) is 55.3 Å². The van der Waals surface area contributed by atoms with Crippen LogP contribution in [0, 0.1) is 0 Å². The number of hydrogen-bond donors (Lipinski definition) is 3. The fourth-order valence-electron chi connectivity index (χ4n) is 3.34. The van der Waals surface area contributed by atoms with Gasteiger partial charge < -0.3 is 16.0 Å². The summed E-state index contributed by atoms with van der Waals surface area (Å²) in [5.74, 6) is -0.0719. The first-order chi connectivity index (χ1) is 15.7. The lowest BCUT2D eigenvalue weighted by atomic mass is 10.1. The lowest BCUT2D eigenvalue weighted by Gasteiger charge is -2.17. The molecule has 4 rings (SSSR count). The fraction of sp³-hybridized carbons (Fsp3) is 0.174. The standard InChI is InChI=1S/C23H21ClN4O4S/c1-33(31,32)19-5-3-2-4-18(19)15-6-11-20(25-14-15)27-21(29)23(12-13-23)28-22(30)26-17-9-7-16(24)8-10-17/h2-11,14H,12-13H2,1H3,(H,25,27,29)(H2,26,28,30). The lowest BCUT2D eigenvalue weighted by molar-refractivity contribution is -0.118. The maximum Gasteiger partial charge on any atom is 0.320 e. The Labute approximate surface area is 196 Å². The Kier molecular flexibility index (Phi) is 6.09. The van der Waals surface area contributed by atoms with E-state index in [1.165, 1.54) is 12.3 Å². The van der Waals surface area contributed by atoms with E-state index in [9.17, 15) is 18.0 Å². The number of sulfone groups is 1. The van der Waals surface area contributed by atoms with Crippen molar-refractivity contribution in [3.8, 4) is 11.1 Å². The highest BCUT2D eigenvalue weighted by atomic mass is 35.5. The van der Waals surface area contributed by atoms with Gasteiger partial charge in [0.1, 0.15) is 11.4 Å². The Morgan fingerprint density at radius 3 is 2.27 bits per heavy atom. The first-order valence-electron chi connectivity index (χ1n) is 10.1. The van der Waals surface area contributed by atoms with Crippen LogP contribution >= 0.6 is 11.6 Å². The molecule has 170 valence electrons. The number of pyridine rings is 1. The number of halogens is 1. The molecule has 0 radical (unpaired) electrons. The molecule has 3 amide bonds. The largest absolute Gasteiger partial charge is 0.323 e. The molecule has 3 N–H and O–H groups in total. The Bertz CT molecular complexity index is 1310. The second kappa shape index (κ2) is 8.84. The number of aromatic nitrogens is 1. The number of carbonyl (C=O) groups is 2. The number of anilines is 2. The molecule has 3 aromatic rings. The van der Waals surface area contributed by atoms with E-state index in [4.69, 9.17) is 11.6 Å². The Morgan fingerprint density at radius 2 is 1.67 bits per heavy atom. The maximum atomic E-state index is 12.8. The van der Waals surface area contributed by atoms with Crippen molar-refractivity contribution in [3.05, 3.63) is 71.9 Å². The smallest absolute Gasteiger partial charge is 0.320 e. The lowest BCUT2D eigenvalue weighted by Crippen LogP contribution is -2.47. The third-order valence-electron chi connectivity index (χ3n) is 5.24. The van der Waals surface area contributed by atoms with E-state index in [0.717, 1.165) is 6.26 Å². The van der Waals surface area contributed by atoms with Crippen molar-refractivity contribution in [2.24, 2.45) is 0 Å². The molecule has 0 spiro atoms. The van der Waals surface area contributed by atoms with Crippen LogP contribution in [0.3, 0.4) is 0 Å². The molecule has 2 aromatic carbocycles. The van der Waals surface area contributed by atoms with Crippen molar-refractivity contribution in [1.29, 1.82) is 0 Å². The number of amides is 3. The number of rotatable bonds is 6. The van der Waals surface area contributed by atoms with Crippen LogP contribution in [0.1, 0.15) is 12.8 Å². The zero-order valence-corrected chi connectivity index (χ0v) is 19.2. The van der Waals surface area contributed by atoms with Gasteiger partial charge in [-0.1, -0.05) is 29.8 Å². The zero-order chi connectivity index (χ0) is 23.6. The van der Waals surface area contributed by atoms with Gasteiger partial charge in [0.05, 0.1) is 4.90 Å². The Hall–Kier alpha value is -3.43. The molecular formula is C23H21ClN4O4S. The SMILES string of the molecule is CS(=O)(=O)c1ccccc1-c1ccc(NC(=O)C2(NC(=O)Nc3ccc(Cl)cc3)CC2)nc1. The average Bonchev–Trinajstić information content (AvgIpc) is 3.56. The summed E-state index contributed by atoms with van der Waals surface area (Å²) in [6.07, 6.45) is 3.66. The molecular weight excluding hydrogens is 464 g/mol. The highest BCUT2D eigenvalue weighted by molar-refractivity contribution is 7.90. The second-order valence-corrected chi connectivity index (χ2v) is 10.2. The average molecular weight is 485 g/mol. The number of hydrogen-bond acceptors (Lipinski definition) is 5. The second-order valence-electron chi connectivity index (χ2n) is 7.82. The molecule has 1 fully saturated rings. The number of nitrogens with zero attached hydrogens (tertiary/aromatic N) is 1. The molecule has 0 bridgehead atoms. The first kappa shape index (κ1) is 22.8. The van der Waals surface area contributed by atoms with E-state index in [-0.39, 0.29) is 10.8 Å². The quantitative estimate of drug-likeness (QED) is 0.487. The maximum absolute atomic E-state index is 12.8. The third-order valence-corrected chi connectivity index (χ3v) is 6.65. The van der Waals surface area contributed by atoms with Crippen LogP contribution < -0.4 is 16.0 Å². The van der Waals surface area contributed by atoms with Crippen LogP contribution in [0.5, 0.6) is 0 Å². The van der Waals surface area contributed by atoms with Gasteiger partial charge in [0.25, 0.3) is 5.91 Å².